The zero-order valence-corrected chi connectivity index (χ0v) is 33.9. The molecule has 290 valence electrons. The maximum atomic E-state index is 6.42. The van der Waals surface area contributed by atoms with Crippen LogP contribution >= 0.6 is 0 Å². The summed E-state index contributed by atoms with van der Waals surface area (Å²) in [6, 6.07) is 85.4. The number of furan rings is 1. The van der Waals surface area contributed by atoms with Crippen molar-refractivity contribution >= 4 is 71.3 Å². The fraction of sp³-hybridized carbons (Fsp3) is 0. The zero-order chi connectivity index (χ0) is 41.0. The predicted octanol–water partition coefficient (Wildman–Crippen LogP) is 17.2. The molecule has 0 radical (unpaired) electrons. The lowest BCUT2D eigenvalue weighted by Gasteiger charge is -2.26. The Labute approximate surface area is 360 Å². The average molecular weight is 790 g/mol. The topological polar surface area (TPSA) is 16.4 Å². The van der Waals surface area contributed by atoms with Crippen molar-refractivity contribution in [2.75, 3.05) is 4.90 Å². The van der Waals surface area contributed by atoms with E-state index in [9.17, 15) is 0 Å². The van der Waals surface area contributed by atoms with E-state index in [1.54, 1.807) is 0 Å². The number of para-hydroxylation sites is 1. The number of fused-ring (bicyclic) bond motifs is 7. The van der Waals surface area contributed by atoms with Gasteiger partial charge in [-0.1, -0.05) is 176 Å². The Bertz CT molecular complexity index is 3620. The monoisotopic (exact) mass is 789 g/mol. The predicted molar refractivity (Wildman–Crippen MR) is 263 cm³/mol. The molecule has 0 unspecified atom stereocenters. The molecule has 0 fully saturated rings. The van der Waals surface area contributed by atoms with Crippen molar-refractivity contribution in [1.82, 2.24) is 0 Å². The van der Waals surface area contributed by atoms with Crippen molar-refractivity contribution in [3.63, 3.8) is 0 Å². The largest absolute Gasteiger partial charge is 0.456 e. The first-order valence-electron chi connectivity index (χ1n) is 21.2. The van der Waals surface area contributed by atoms with Gasteiger partial charge in [0, 0.05) is 16.8 Å². The molecule has 0 spiro atoms. The molecular weight excluding hydrogens is 751 g/mol. The van der Waals surface area contributed by atoms with Crippen molar-refractivity contribution in [3.8, 4) is 44.5 Å². The van der Waals surface area contributed by atoms with Crippen LogP contribution in [-0.2, 0) is 0 Å². The lowest BCUT2D eigenvalue weighted by Crippen LogP contribution is -2.10. The Hall–Kier alpha value is -8.20. The van der Waals surface area contributed by atoms with E-state index in [2.05, 4.69) is 235 Å². The van der Waals surface area contributed by atoms with E-state index in [1.807, 2.05) is 6.07 Å². The van der Waals surface area contributed by atoms with Crippen LogP contribution in [0.25, 0.3) is 98.8 Å². The van der Waals surface area contributed by atoms with Gasteiger partial charge in [-0.25, -0.2) is 0 Å². The van der Waals surface area contributed by atoms with Gasteiger partial charge in [0.1, 0.15) is 11.2 Å². The summed E-state index contributed by atoms with van der Waals surface area (Å²) in [4.78, 5) is 2.36. The van der Waals surface area contributed by atoms with Gasteiger partial charge < -0.3 is 9.32 Å². The summed E-state index contributed by atoms with van der Waals surface area (Å²) in [6.07, 6.45) is 0. The van der Waals surface area contributed by atoms with Gasteiger partial charge in [-0.2, -0.15) is 0 Å². The molecule has 62 heavy (non-hydrogen) atoms. The Balaban J connectivity index is 0.951. The molecule has 12 rings (SSSR count). The van der Waals surface area contributed by atoms with Crippen LogP contribution < -0.4 is 4.90 Å². The van der Waals surface area contributed by atoms with Crippen LogP contribution in [0.1, 0.15) is 0 Å². The molecule has 0 saturated heterocycles. The first-order chi connectivity index (χ1) is 30.7. The van der Waals surface area contributed by atoms with E-state index < -0.39 is 0 Å². The fourth-order valence-electron chi connectivity index (χ4n) is 9.46. The van der Waals surface area contributed by atoms with Crippen molar-refractivity contribution < 1.29 is 4.42 Å². The Kier molecular flexibility index (Phi) is 8.53. The summed E-state index contributed by atoms with van der Waals surface area (Å²) < 4.78 is 6.42. The third-order valence-corrected chi connectivity index (χ3v) is 12.4. The molecule has 1 heterocycles. The van der Waals surface area contributed by atoms with Crippen LogP contribution in [0.2, 0.25) is 0 Å². The van der Waals surface area contributed by atoms with Gasteiger partial charge in [0.15, 0.2) is 0 Å². The SMILES string of the molecule is c1ccc(-c2cccc3ccc(-c4ccc(N(c5ccc(-c6cccc(-c7cc8ccccc8c8ccccc78)c6)cc5)c5cccc6oc7ccccc7c56)cc4)cc23)cc1. The molecular formula is C60H39NO. The van der Waals surface area contributed by atoms with Crippen LogP contribution in [-0.4, -0.2) is 0 Å². The molecule has 1 aromatic heterocycles. The highest BCUT2D eigenvalue weighted by atomic mass is 16.3. The first-order valence-corrected chi connectivity index (χ1v) is 21.2. The minimum Gasteiger partial charge on any atom is -0.456 e. The van der Waals surface area contributed by atoms with Gasteiger partial charge in [0.25, 0.3) is 0 Å². The normalized spacial score (nSPS) is 11.5. The molecule has 0 aliphatic heterocycles. The van der Waals surface area contributed by atoms with Gasteiger partial charge in [0.05, 0.1) is 11.1 Å². The molecule has 0 aliphatic carbocycles. The fourth-order valence-corrected chi connectivity index (χ4v) is 9.46. The van der Waals surface area contributed by atoms with E-state index in [1.165, 1.54) is 71.3 Å². The minimum absolute atomic E-state index is 0.866. The lowest BCUT2D eigenvalue weighted by molar-refractivity contribution is 0.669. The van der Waals surface area contributed by atoms with Gasteiger partial charge in [-0.15, -0.1) is 0 Å². The van der Waals surface area contributed by atoms with Crippen LogP contribution in [0, 0.1) is 0 Å². The molecule has 0 amide bonds. The number of hydrogen-bond acceptors (Lipinski definition) is 2. The van der Waals surface area contributed by atoms with Crippen LogP contribution in [0.5, 0.6) is 0 Å². The summed E-state index contributed by atoms with van der Waals surface area (Å²) in [5, 5.41) is 9.74. The van der Waals surface area contributed by atoms with E-state index in [0.29, 0.717) is 0 Å². The van der Waals surface area contributed by atoms with E-state index in [0.717, 1.165) is 44.6 Å². The molecule has 2 nitrogen and oxygen atoms in total. The number of benzene rings is 11. The highest BCUT2D eigenvalue weighted by Gasteiger charge is 2.20. The molecule has 2 heteroatoms. The highest BCUT2D eigenvalue weighted by Crippen LogP contribution is 2.44. The second-order valence-electron chi connectivity index (χ2n) is 16.1. The molecule has 0 aliphatic rings. The lowest BCUT2D eigenvalue weighted by atomic mass is 9.92. The zero-order valence-electron chi connectivity index (χ0n) is 33.9. The highest BCUT2D eigenvalue weighted by molar-refractivity contribution is 6.15. The molecule has 12 aromatic rings. The Morgan fingerprint density at radius 3 is 1.63 bits per heavy atom. The van der Waals surface area contributed by atoms with Crippen molar-refractivity contribution in [2.45, 2.75) is 0 Å². The molecule has 0 N–H and O–H groups in total. The van der Waals surface area contributed by atoms with Crippen LogP contribution in [0.3, 0.4) is 0 Å². The van der Waals surface area contributed by atoms with Crippen LogP contribution in [0.4, 0.5) is 17.1 Å². The third kappa shape index (κ3) is 6.12. The van der Waals surface area contributed by atoms with Crippen LogP contribution in [0.15, 0.2) is 241 Å². The average Bonchev–Trinajstić information content (AvgIpc) is 3.74. The second kappa shape index (κ2) is 14.8. The van der Waals surface area contributed by atoms with E-state index >= 15 is 0 Å². The maximum Gasteiger partial charge on any atom is 0.137 e. The summed E-state index contributed by atoms with van der Waals surface area (Å²) in [5.74, 6) is 0. The third-order valence-electron chi connectivity index (χ3n) is 12.4. The number of nitrogens with zero attached hydrogens (tertiary/aromatic N) is 1. The summed E-state index contributed by atoms with van der Waals surface area (Å²) in [7, 11) is 0. The smallest absolute Gasteiger partial charge is 0.137 e. The number of hydrogen-bond donors (Lipinski definition) is 0. The molecule has 0 atom stereocenters. The van der Waals surface area contributed by atoms with Crippen molar-refractivity contribution in [1.29, 1.82) is 0 Å². The molecule has 0 bridgehead atoms. The Morgan fingerprint density at radius 2 is 0.839 bits per heavy atom. The number of rotatable bonds is 7. The summed E-state index contributed by atoms with van der Waals surface area (Å²) >= 11 is 0. The summed E-state index contributed by atoms with van der Waals surface area (Å²) in [6.45, 7) is 0. The summed E-state index contributed by atoms with van der Waals surface area (Å²) in [5.41, 5.74) is 14.5. The Morgan fingerprint density at radius 1 is 0.274 bits per heavy atom. The number of anilines is 3. The van der Waals surface area contributed by atoms with Gasteiger partial charge in [-0.3, -0.25) is 0 Å². The van der Waals surface area contributed by atoms with Crippen molar-refractivity contribution in [2.24, 2.45) is 0 Å². The van der Waals surface area contributed by atoms with Gasteiger partial charge in [0.2, 0.25) is 0 Å². The minimum atomic E-state index is 0.866. The first kappa shape index (κ1) is 35.7. The standard InChI is InChI=1S/C60H39NO/c1-2-13-42(14-3-1)50-23-11-16-43-27-28-45(38-55(43)50)41-31-35-49(36-32-41)61(57-24-12-26-59-60(57)54-22-8-9-25-58(54)62-59)48-33-29-40(30-34-48)44-17-10-18-46(37-44)56-39-47-15-4-5-19-51(47)52-20-6-7-21-53(52)56/h1-39H. The molecule has 11 aromatic carbocycles. The van der Waals surface area contributed by atoms with E-state index in [-0.39, 0.29) is 0 Å². The van der Waals surface area contributed by atoms with E-state index in [4.69, 9.17) is 4.42 Å². The van der Waals surface area contributed by atoms with Gasteiger partial charge >= 0.3 is 0 Å². The second-order valence-corrected chi connectivity index (χ2v) is 16.1. The maximum absolute atomic E-state index is 6.42. The van der Waals surface area contributed by atoms with Gasteiger partial charge in [-0.05, 0) is 137 Å². The van der Waals surface area contributed by atoms with Crippen molar-refractivity contribution in [3.05, 3.63) is 237 Å². The molecule has 0 saturated carbocycles. The quantitative estimate of drug-likeness (QED) is 0.150.